The summed E-state index contributed by atoms with van der Waals surface area (Å²) in [5, 5.41) is 11.3. The maximum atomic E-state index is 12.0. The number of aromatic carboxylic acids is 1. The number of carboxylic acids is 1. The Kier molecular flexibility index (Phi) is 3.93. The first-order chi connectivity index (χ1) is 9.88. The Bertz CT molecular complexity index is 711. The van der Waals surface area contributed by atoms with Gasteiger partial charge in [0.15, 0.2) is 5.78 Å². The number of hydrogen-bond donors (Lipinski definition) is 2. The van der Waals surface area contributed by atoms with Crippen LogP contribution in [0.15, 0.2) is 28.8 Å². The molecule has 0 spiro atoms. The zero-order valence-electron chi connectivity index (χ0n) is 11.5. The van der Waals surface area contributed by atoms with E-state index in [4.69, 9.17) is 9.52 Å². The third-order valence-electron chi connectivity index (χ3n) is 2.94. The van der Waals surface area contributed by atoms with E-state index in [0.29, 0.717) is 17.0 Å². The predicted molar refractivity (Wildman–Crippen MR) is 72.3 cm³/mol. The van der Waals surface area contributed by atoms with E-state index in [2.05, 4.69) is 5.32 Å². The van der Waals surface area contributed by atoms with Gasteiger partial charge in [0, 0.05) is 18.8 Å². The van der Waals surface area contributed by atoms with Crippen molar-refractivity contribution in [1.29, 1.82) is 0 Å². The van der Waals surface area contributed by atoms with Gasteiger partial charge in [0.25, 0.3) is 5.91 Å². The number of Topliss-reactive ketones (excluding diaryl/α,β-unsaturated/α-hetero) is 1. The van der Waals surface area contributed by atoms with Crippen molar-refractivity contribution in [3.05, 3.63) is 47.2 Å². The van der Waals surface area contributed by atoms with Crippen molar-refractivity contribution < 1.29 is 23.9 Å². The second kappa shape index (κ2) is 5.66. The molecule has 0 unspecified atom stereocenters. The first-order valence-electron chi connectivity index (χ1n) is 6.16. The fourth-order valence-corrected chi connectivity index (χ4v) is 1.83. The average Bonchev–Trinajstić information content (AvgIpc) is 3.02. The van der Waals surface area contributed by atoms with Crippen molar-refractivity contribution in [1.82, 2.24) is 9.88 Å². The molecule has 0 atom stereocenters. The van der Waals surface area contributed by atoms with Gasteiger partial charge in [-0.05, 0) is 25.1 Å². The number of furan rings is 1. The average molecular weight is 290 g/mol. The minimum Gasteiger partial charge on any atom is -0.475 e. The van der Waals surface area contributed by atoms with E-state index < -0.39 is 5.97 Å². The Morgan fingerprint density at radius 3 is 2.57 bits per heavy atom. The molecule has 2 rings (SSSR count). The summed E-state index contributed by atoms with van der Waals surface area (Å²) in [6.45, 7) is 1.49. The number of aromatic nitrogens is 1. The summed E-state index contributed by atoms with van der Waals surface area (Å²) in [6, 6.07) is 4.30. The molecule has 7 nitrogen and oxygen atoms in total. The summed E-state index contributed by atoms with van der Waals surface area (Å²) < 4.78 is 6.58. The number of carboxylic acid groups (broad SMARTS) is 1. The van der Waals surface area contributed by atoms with Crippen LogP contribution in [0.25, 0.3) is 0 Å². The van der Waals surface area contributed by atoms with Gasteiger partial charge in [0.05, 0.1) is 6.54 Å². The molecule has 1 amide bonds. The van der Waals surface area contributed by atoms with Crippen molar-refractivity contribution in [3.8, 4) is 0 Å². The van der Waals surface area contributed by atoms with E-state index in [9.17, 15) is 14.4 Å². The molecule has 110 valence electrons. The number of ketones is 1. The lowest BCUT2D eigenvalue weighted by Crippen LogP contribution is -2.24. The normalized spacial score (nSPS) is 10.4. The van der Waals surface area contributed by atoms with E-state index in [0.717, 1.165) is 0 Å². The van der Waals surface area contributed by atoms with Crippen molar-refractivity contribution >= 4 is 17.7 Å². The number of rotatable bonds is 5. The lowest BCUT2D eigenvalue weighted by Gasteiger charge is -2.04. The monoisotopic (exact) mass is 290 g/mol. The Morgan fingerprint density at radius 1 is 1.33 bits per heavy atom. The van der Waals surface area contributed by atoms with Gasteiger partial charge in [-0.2, -0.15) is 0 Å². The van der Waals surface area contributed by atoms with Crippen LogP contribution in [-0.4, -0.2) is 27.3 Å². The molecule has 2 N–H and O–H groups in total. The van der Waals surface area contributed by atoms with Crippen LogP contribution in [-0.2, 0) is 13.6 Å². The van der Waals surface area contributed by atoms with Crippen molar-refractivity contribution in [3.63, 3.8) is 0 Å². The van der Waals surface area contributed by atoms with Crippen LogP contribution in [0.3, 0.4) is 0 Å². The number of carbonyl (C=O) groups excluding carboxylic acids is 2. The zero-order chi connectivity index (χ0) is 15.6. The second-order valence-electron chi connectivity index (χ2n) is 4.53. The van der Waals surface area contributed by atoms with Crippen LogP contribution >= 0.6 is 0 Å². The molecule has 2 aromatic rings. The Hall–Kier alpha value is -2.83. The van der Waals surface area contributed by atoms with E-state index >= 15 is 0 Å². The third kappa shape index (κ3) is 3.19. The van der Waals surface area contributed by atoms with Crippen LogP contribution in [0.1, 0.15) is 44.1 Å². The van der Waals surface area contributed by atoms with Crippen LogP contribution in [0.2, 0.25) is 0 Å². The highest BCUT2D eigenvalue weighted by Crippen LogP contribution is 2.10. The van der Waals surface area contributed by atoms with Gasteiger partial charge in [0.1, 0.15) is 11.5 Å². The molecular weight excluding hydrogens is 276 g/mol. The summed E-state index contributed by atoms with van der Waals surface area (Å²) in [6.07, 6.45) is 1.58. The number of amides is 1. The minimum atomic E-state index is -1.17. The Morgan fingerprint density at radius 2 is 2.05 bits per heavy atom. The number of nitrogens with one attached hydrogen (secondary N) is 1. The SMILES string of the molecule is CC(=O)c1cc(C(=O)NCc2ccc(C(=O)O)o2)n(C)c1. The molecule has 2 heterocycles. The maximum Gasteiger partial charge on any atom is 0.371 e. The quantitative estimate of drug-likeness (QED) is 0.811. The summed E-state index contributed by atoms with van der Waals surface area (Å²) in [5.74, 6) is -1.51. The van der Waals surface area contributed by atoms with Crippen LogP contribution in [0, 0.1) is 0 Å². The van der Waals surface area contributed by atoms with E-state index in [1.807, 2.05) is 0 Å². The highest BCUT2D eigenvalue weighted by atomic mass is 16.4. The van der Waals surface area contributed by atoms with Crippen LogP contribution in [0.5, 0.6) is 0 Å². The zero-order valence-corrected chi connectivity index (χ0v) is 11.5. The fourth-order valence-electron chi connectivity index (χ4n) is 1.83. The smallest absolute Gasteiger partial charge is 0.371 e. The Balaban J connectivity index is 2.04. The van der Waals surface area contributed by atoms with Gasteiger partial charge in [-0.3, -0.25) is 9.59 Å². The molecule has 21 heavy (non-hydrogen) atoms. The number of aryl methyl sites for hydroxylation is 1. The molecule has 2 aromatic heterocycles. The van der Waals surface area contributed by atoms with E-state index in [1.54, 1.807) is 17.8 Å². The van der Waals surface area contributed by atoms with Gasteiger partial charge in [-0.1, -0.05) is 0 Å². The van der Waals surface area contributed by atoms with Crippen molar-refractivity contribution in [2.45, 2.75) is 13.5 Å². The van der Waals surface area contributed by atoms with Gasteiger partial charge >= 0.3 is 5.97 Å². The summed E-state index contributed by atoms with van der Waals surface area (Å²) in [4.78, 5) is 33.9. The largest absolute Gasteiger partial charge is 0.475 e. The summed E-state index contributed by atoms with van der Waals surface area (Å²) >= 11 is 0. The highest BCUT2D eigenvalue weighted by Gasteiger charge is 2.15. The van der Waals surface area contributed by atoms with E-state index in [-0.39, 0.29) is 24.0 Å². The molecule has 0 bridgehead atoms. The van der Waals surface area contributed by atoms with Crippen molar-refractivity contribution in [2.24, 2.45) is 7.05 Å². The molecular formula is C14H14N2O5. The maximum absolute atomic E-state index is 12.0. The van der Waals surface area contributed by atoms with Gasteiger partial charge in [0.2, 0.25) is 5.76 Å². The predicted octanol–water partition coefficient (Wildman–Crippen LogP) is 1.45. The molecule has 7 heteroatoms. The second-order valence-corrected chi connectivity index (χ2v) is 4.53. The molecule has 0 aromatic carbocycles. The van der Waals surface area contributed by atoms with Crippen molar-refractivity contribution in [2.75, 3.05) is 0 Å². The topological polar surface area (TPSA) is 102 Å². The Labute approximate surface area is 120 Å². The summed E-state index contributed by atoms with van der Waals surface area (Å²) in [5.41, 5.74) is 0.791. The highest BCUT2D eigenvalue weighted by molar-refractivity contribution is 5.99. The van der Waals surface area contributed by atoms with Crippen LogP contribution < -0.4 is 5.32 Å². The molecule has 0 aliphatic rings. The summed E-state index contributed by atoms with van der Waals surface area (Å²) in [7, 11) is 1.66. The first-order valence-corrected chi connectivity index (χ1v) is 6.16. The van der Waals surface area contributed by atoms with Gasteiger partial charge in [-0.15, -0.1) is 0 Å². The molecule has 0 saturated heterocycles. The number of nitrogens with zero attached hydrogens (tertiary/aromatic N) is 1. The van der Waals surface area contributed by atoms with Crippen LogP contribution in [0.4, 0.5) is 0 Å². The van der Waals surface area contributed by atoms with Gasteiger partial charge in [-0.25, -0.2) is 4.79 Å². The number of hydrogen-bond acceptors (Lipinski definition) is 4. The molecule has 0 aliphatic carbocycles. The molecule has 0 fully saturated rings. The third-order valence-corrected chi connectivity index (χ3v) is 2.94. The first kappa shape index (κ1) is 14.6. The van der Waals surface area contributed by atoms with Gasteiger partial charge < -0.3 is 19.4 Å². The standard InChI is InChI=1S/C14H14N2O5/c1-8(17)9-5-11(16(2)7-9)13(18)15-6-10-3-4-12(21-10)14(19)20/h3-5,7H,6H2,1-2H3,(H,15,18)(H,19,20). The fraction of sp³-hybridized carbons (Fsp3) is 0.214. The molecule has 0 aliphatic heterocycles. The molecule has 0 radical (unpaired) electrons. The number of carbonyl (C=O) groups is 3. The molecule has 0 saturated carbocycles. The van der Waals surface area contributed by atoms with E-state index in [1.165, 1.54) is 25.1 Å². The lowest BCUT2D eigenvalue weighted by molar-refractivity contribution is 0.0660. The lowest BCUT2D eigenvalue weighted by atomic mass is 10.2. The minimum absolute atomic E-state index is 0.0622.